The lowest BCUT2D eigenvalue weighted by Gasteiger charge is -2.61. The summed E-state index contributed by atoms with van der Waals surface area (Å²) in [5.74, 6) is 3.29. The fraction of sp³-hybridized carbons (Fsp3) is 1.00. The highest BCUT2D eigenvalue weighted by Gasteiger charge is 2.69. The third-order valence-electron chi connectivity index (χ3n) is 18.3. The van der Waals surface area contributed by atoms with Crippen LogP contribution >= 0.6 is 0 Å². The van der Waals surface area contributed by atoms with Crippen LogP contribution in [0.4, 0.5) is 0 Å². The van der Waals surface area contributed by atoms with Crippen molar-refractivity contribution in [1.29, 1.82) is 0 Å². The summed E-state index contributed by atoms with van der Waals surface area (Å²) in [4.78, 5) is 0. The van der Waals surface area contributed by atoms with Crippen LogP contribution in [0.25, 0.3) is 0 Å². The van der Waals surface area contributed by atoms with Gasteiger partial charge in [0.2, 0.25) is 0 Å². The Labute approximate surface area is 369 Å². The molecule has 1 unspecified atom stereocenters. The molecular weight excluding hydrogens is 828 g/mol. The van der Waals surface area contributed by atoms with Crippen LogP contribution < -0.4 is 0 Å². The average Bonchev–Trinajstić information content (AvgIpc) is 3.72. The summed E-state index contributed by atoms with van der Waals surface area (Å²) in [6.07, 6.45) is -14.2. The molecule has 0 aromatic heterocycles. The Morgan fingerprint density at radius 1 is 0.556 bits per heavy atom. The van der Waals surface area contributed by atoms with E-state index >= 15 is 0 Å². The van der Waals surface area contributed by atoms with E-state index in [-0.39, 0.29) is 23.0 Å². The van der Waals surface area contributed by atoms with Gasteiger partial charge in [0.05, 0.1) is 38.6 Å². The molecule has 0 aromatic rings. The van der Waals surface area contributed by atoms with Gasteiger partial charge in [0.25, 0.3) is 0 Å². The van der Waals surface area contributed by atoms with E-state index in [0.717, 1.165) is 58.0 Å². The minimum Gasteiger partial charge on any atom is -0.394 e. The summed E-state index contributed by atoms with van der Waals surface area (Å²) < 4.78 is 49.0. The number of fused-ring (bicyclic) bond motifs is 7. The van der Waals surface area contributed by atoms with E-state index in [4.69, 9.17) is 37.9 Å². The minimum atomic E-state index is -1.89. The van der Waals surface area contributed by atoms with Crippen LogP contribution in [0.2, 0.25) is 0 Å². The lowest BCUT2D eigenvalue weighted by Crippen LogP contribution is -2.67. The molecule has 4 saturated carbocycles. The summed E-state index contributed by atoms with van der Waals surface area (Å²) in [6, 6.07) is 0. The van der Waals surface area contributed by atoms with Crippen molar-refractivity contribution in [1.82, 2.24) is 0 Å². The molecule has 18 nitrogen and oxygen atoms in total. The first-order valence-electron chi connectivity index (χ1n) is 23.8. The maximum absolute atomic E-state index is 11.5. The molecule has 63 heavy (non-hydrogen) atoms. The number of aliphatic hydroxyl groups excluding tert-OH is 10. The molecule has 5 aliphatic heterocycles. The van der Waals surface area contributed by atoms with Crippen LogP contribution in [0.3, 0.4) is 0 Å². The number of rotatable bonds is 9. The Hall–Kier alpha value is -0.720. The Balaban J connectivity index is 0.833. The van der Waals surface area contributed by atoms with Crippen LogP contribution in [-0.2, 0) is 37.9 Å². The highest BCUT2D eigenvalue weighted by molar-refractivity contribution is 5.15. The summed E-state index contributed by atoms with van der Waals surface area (Å²) in [7, 11) is 0. The monoisotopic (exact) mass is 902 g/mol. The van der Waals surface area contributed by atoms with Crippen molar-refractivity contribution >= 4 is 0 Å². The minimum absolute atomic E-state index is 0.134. The second-order valence-corrected chi connectivity index (χ2v) is 21.5. The molecule has 18 heteroatoms. The smallest absolute Gasteiger partial charge is 0.187 e. The van der Waals surface area contributed by atoms with E-state index in [0.29, 0.717) is 41.4 Å². The zero-order valence-corrected chi connectivity index (χ0v) is 37.0. The van der Waals surface area contributed by atoms with E-state index in [1.165, 1.54) is 12.8 Å². The predicted octanol–water partition coefficient (Wildman–Crippen LogP) is -0.734. The van der Waals surface area contributed by atoms with Gasteiger partial charge in [-0.3, -0.25) is 0 Å². The van der Waals surface area contributed by atoms with Gasteiger partial charge in [0.1, 0.15) is 73.2 Å². The zero-order chi connectivity index (χ0) is 44.9. The van der Waals surface area contributed by atoms with Crippen LogP contribution in [0.1, 0.15) is 91.9 Å². The van der Waals surface area contributed by atoms with E-state index in [2.05, 4.69) is 27.7 Å². The fourth-order valence-corrected chi connectivity index (χ4v) is 14.7. The first-order chi connectivity index (χ1) is 30.0. The summed E-state index contributed by atoms with van der Waals surface area (Å²) in [6.45, 7) is 8.23. The number of hydrogen-bond donors (Lipinski definition) is 10. The SMILES string of the molecule is C[C@@H]1CCC2(OC1)O[C@H]1C[C@H]3[C@@H]4CC[C@@H]5C[C@@H](O[C@@H]6O[C@H](CO)[C@H](O[C@H]7O[C@H](CO)[C@@H](O)[C@H](O)[C@H]7O[C@@H]7O[C@H](CO)[C@@H](O)[C@H](O)[C@H]7O)[C@H](O)[C@H]6O)CC[C@]5(C)[C@H]4CC[C@]3(C)[C@H]1[C@@H]2C. The van der Waals surface area contributed by atoms with Gasteiger partial charge in [0, 0.05) is 12.3 Å². The average molecular weight is 903 g/mol. The van der Waals surface area contributed by atoms with Crippen molar-refractivity contribution in [2.24, 2.45) is 52.3 Å². The molecule has 1 spiro atoms. The number of aliphatic hydroxyl groups is 10. The molecule has 0 amide bonds. The van der Waals surface area contributed by atoms with Crippen LogP contribution in [-0.4, -0.2) is 188 Å². The van der Waals surface area contributed by atoms with Crippen LogP contribution in [0, 0.1) is 52.3 Å². The van der Waals surface area contributed by atoms with Crippen molar-refractivity contribution in [2.45, 2.75) is 202 Å². The van der Waals surface area contributed by atoms with Gasteiger partial charge in [-0.05, 0) is 104 Å². The zero-order valence-electron chi connectivity index (χ0n) is 37.0. The molecule has 5 heterocycles. The molecule has 0 aromatic carbocycles. The van der Waals surface area contributed by atoms with Crippen LogP contribution in [0.15, 0.2) is 0 Å². The molecule has 10 N–H and O–H groups in total. The predicted molar refractivity (Wildman–Crippen MR) is 216 cm³/mol. The highest BCUT2D eigenvalue weighted by Crippen LogP contribution is 2.71. The second-order valence-electron chi connectivity index (χ2n) is 21.5. The fourth-order valence-electron chi connectivity index (χ4n) is 14.7. The van der Waals surface area contributed by atoms with Crippen molar-refractivity contribution in [3.05, 3.63) is 0 Å². The van der Waals surface area contributed by atoms with Gasteiger partial charge >= 0.3 is 0 Å². The van der Waals surface area contributed by atoms with Crippen molar-refractivity contribution in [3.8, 4) is 0 Å². The lowest BCUT2D eigenvalue weighted by atomic mass is 9.44. The summed E-state index contributed by atoms with van der Waals surface area (Å²) in [5, 5.41) is 106. The molecule has 4 aliphatic carbocycles. The van der Waals surface area contributed by atoms with E-state index in [9.17, 15) is 51.1 Å². The van der Waals surface area contributed by atoms with E-state index in [1.54, 1.807) is 0 Å². The molecule has 5 saturated heterocycles. The maximum Gasteiger partial charge on any atom is 0.187 e. The third-order valence-corrected chi connectivity index (χ3v) is 18.3. The Morgan fingerprint density at radius 3 is 1.84 bits per heavy atom. The molecule has 9 aliphatic rings. The van der Waals surface area contributed by atoms with Crippen molar-refractivity contribution in [3.63, 3.8) is 0 Å². The summed E-state index contributed by atoms with van der Waals surface area (Å²) >= 11 is 0. The maximum atomic E-state index is 11.5. The van der Waals surface area contributed by atoms with Crippen LogP contribution in [0.5, 0.6) is 0 Å². The summed E-state index contributed by atoms with van der Waals surface area (Å²) in [5.41, 5.74) is 0.364. The largest absolute Gasteiger partial charge is 0.394 e. The molecule has 0 bridgehead atoms. The molecule has 27 atom stereocenters. The highest BCUT2D eigenvalue weighted by atomic mass is 16.8. The molecule has 362 valence electrons. The quantitative estimate of drug-likeness (QED) is 0.128. The van der Waals surface area contributed by atoms with Gasteiger partial charge in [-0.15, -0.1) is 0 Å². The molecule has 9 rings (SSSR count). The van der Waals surface area contributed by atoms with Crippen molar-refractivity contribution in [2.75, 3.05) is 26.4 Å². The Bertz CT molecular complexity index is 1570. The normalized spacial score (nSPS) is 58.2. The van der Waals surface area contributed by atoms with Gasteiger partial charge in [-0.2, -0.15) is 0 Å². The van der Waals surface area contributed by atoms with Gasteiger partial charge in [-0.25, -0.2) is 0 Å². The second kappa shape index (κ2) is 18.0. The first-order valence-corrected chi connectivity index (χ1v) is 23.8. The van der Waals surface area contributed by atoms with Gasteiger partial charge < -0.3 is 89.0 Å². The first kappa shape index (κ1) is 47.4. The van der Waals surface area contributed by atoms with Gasteiger partial charge in [0.15, 0.2) is 24.7 Å². The van der Waals surface area contributed by atoms with Gasteiger partial charge in [-0.1, -0.05) is 27.7 Å². The molecule has 9 fully saturated rings. The lowest BCUT2D eigenvalue weighted by molar-refractivity contribution is -0.390. The van der Waals surface area contributed by atoms with E-state index < -0.39 is 118 Å². The standard InChI is InChI=1S/C45H74O18/c1-19-7-12-45(56-18-19)20(2)30-26(63-45)14-25-23-6-5-21-13-22(8-10-43(21,3)24(23)9-11-44(25,30)4)57-40-37(55)35(53)38(29(17-48)60-40)61-42-39(34(52)32(50)28(16-47)59-42)62-41-36(54)33(51)31(49)27(15-46)58-41/h19-42,46-55H,5-18H2,1-4H3/t19-,20+,21-,22+,23-,24+,25+,26+,27-,28-,29-,30+,31-,32-,33+,34+,35-,36-,37-,38+,39-,40-,41+,42-,43+,44+,45?/m1/s1. The molecule has 0 radical (unpaired) electrons. The Morgan fingerprint density at radius 2 is 1.16 bits per heavy atom. The Kier molecular flexibility index (Phi) is 13.5. The van der Waals surface area contributed by atoms with Crippen molar-refractivity contribution < 1.29 is 89.0 Å². The third kappa shape index (κ3) is 7.88. The van der Waals surface area contributed by atoms with E-state index in [1.807, 2.05) is 0 Å². The molecular formula is C45H74O18. The number of ether oxygens (including phenoxy) is 8. The topological polar surface area (TPSA) is 276 Å². The number of hydrogen-bond acceptors (Lipinski definition) is 18.